The zero-order valence-corrected chi connectivity index (χ0v) is 25.3. The monoisotopic (exact) mass is 644 g/mol. The summed E-state index contributed by atoms with van der Waals surface area (Å²) in [7, 11) is 1.82. The van der Waals surface area contributed by atoms with Crippen LogP contribution in [-0.4, -0.2) is 103 Å². The molecular formula is C30H34Cl2F4N4O3. The fourth-order valence-corrected chi connectivity index (χ4v) is 6.70. The van der Waals surface area contributed by atoms with Crippen molar-refractivity contribution in [1.29, 1.82) is 0 Å². The number of rotatable bonds is 7. The van der Waals surface area contributed by atoms with Crippen LogP contribution in [-0.2, 0) is 27.0 Å². The zero-order valence-electron chi connectivity index (χ0n) is 23.8. The lowest BCUT2D eigenvalue weighted by Crippen LogP contribution is -2.53. The first-order chi connectivity index (χ1) is 20.4. The first-order valence-electron chi connectivity index (χ1n) is 14.3. The van der Waals surface area contributed by atoms with Gasteiger partial charge in [-0.05, 0) is 55.3 Å². The fourth-order valence-electron chi connectivity index (χ4n) is 6.40. The van der Waals surface area contributed by atoms with E-state index in [4.69, 9.17) is 27.9 Å². The van der Waals surface area contributed by atoms with Gasteiger partial charge >= 0.3 is 6.18 Å². The molecule has 0 saturated carbocycles. The van der Waals surface area contributed by atoms with Gasteiger partial charge in [-0.2, -0.15) is 13.2 Å². The molecule has 3 fully saturated rings. The quantitative estimate of drug-likeness (QED) is 0.402. The predicted octanol–water partition coefficient (Wildman–Crippen LogP) is 4.90. The second-order valence-electron chi connectivity index (χ2n) is 11.5. The number of halogens is 6. The van der Waals surface area contributed by atoms with Gasteiger partial charge in [-0.1, -0.05) is 35.3 Å². The Morgan fingerprint density at radius 1 is 1.05 bits per heavy atom. The van der Waals surface area contributed by atoms with E-state index >= 15 is 0 Å². The number of hydrogen-bond donors (Lipinski definition) is 0. The Balaban J connectivity index is 1.26. The van der Waals surface area contributed by atoms with Gasteiger partial charge in [-0.3, -0.25) is 19.4 Å². The summed E-state index contributed by atoms with van der Waals surface area (Å²) in [5.74, 6) is -1.48. The summed E-state index contributed by atoms with van der Waals surface area (Å²) in [5, 5.41) is 0.792. The Bertz CT molecular complexity index is 1340. The van der Waals surface area contributed by atoms with Crippen molar-refractivity contribution in [3.63, 3.8) is 0 Å². The average molecular weight is 646 g/mol. The normalized spacial score (nSPS) is 22.6. The minimum atomic E-state index is -4.77. The number of benzene rings is 2. The van der Waals surface area contributed by atoms with Gasteiger partial charge in [0.2, 0.25) is 11.8 Å². The van der Waals surface area contributed by atoms with Gasteiger partial charge in [0.15, 0.2) is 0 Å². The van der Waals surface area contributed by atoms with Crippen LogP contribution in [0.25, 0.3) is 0 Å². The van der Waals surface area contributed by atoms with Crippen molar-refractivity contribution in [3.8, 4) is 0 Å². The van der Waals surface area contributed by atoms with Crippen LogP contribution in [0, 0.1) is 5.82 Å². The zero-order chi connectivity index (χ0) is 30.9. The van der Waals surface area contributed by atoms with Crippen molar-refractivity contribution < 1.29 is 31.9 Å². The summed E-state index contributed by atoms with van der Waals surface area (Å²) in [6.45, 7) is 3.92. The smallest absolute Gasteiger partial charge is 0.370 e. The summed E-state index contributed by atoms with van der Waals surface area (Å²) >= 11 is 12.5. The molecule has 234 valence electrons. The van der Waals surface area contributed by atoms with Crippen molar-refractivity contribution in [2.24, 2.45) is 0 Å². The molecule has 3 heterocycles. The first-order valence-corrected chi connectivity index (χ1v) is 15.0. The number of carbonyl (C=O) groups is 2. The molecule has 3 aliphatic heterocycles. The molecule has 0 bridgehead atoms. The maximum atomic E-state index is 14.3. The lowest BCUT2D eigenvalue weighted by molar-refractivity contribution is -0.147. The van der Waals surface area contributed by atoms with Crippen LogP contribution in [0.2, 0.25) is 10.0 Å². The largest absolute Gasteiger partial charge is 0.419 e. The van der Waals surface area contributed by atoms with Gasteiger partial charge in [-0.25, -0.2) is 4.39 Å². The number of ether oxygens (including phenoxy) is 1. The molecule has 5 rings (SSSR count). The number of amides is 2. The molecule has 0 unspecified atom stereocenters. The van der Waals surface area contributed by atoms with Gasteiger partial charge < -0.3 is 14.5 Å². The maximum Gasteiger partial charge on any atom is 0.419 e. The van der Waals surface area contributed by atoms with E-state index in [0.29, 0.717) is 54.9 Å². The maximum absolute atomic E-state index is 14.3. The Morgan fingerprint density at radius 2 is 1.79 bits per heavy atom. The van der Waals surface area contributed by atoms with E-state index in [-0.39, 0.29) is 49.5 Å². The van der Waals surface area contributed by atoms with Crippen LogP contribution >= 0.6 is 23.2 Å². The molecule has 7 nitrogen and oxygen atoms in total. The van der Waals surface area contributed by atoms with Gasteiger partial charge in [0.05, 0.1) is 28.8 Å². The third kappa shape index (κ3) is 7.45. The predicted molar refractivity (Wildman–Crippen MR) is 154 cm³/mol. The number of morpholine rings is 1. The number of likely N-dealkylation sites (tertiary alicyclic amines) is 2. The van der Waals surface area contributed by atoms with Crippen molar-refractivity contribution in [1.82, 2.24) is 19.6 Å². The van der Waals surface area contributed by atoms with Crippen molar-refractivity contribution in [3.05, 3.63) is 69.0 Å². The van der Waals surface area contributed by atoms with Crippen LogP contribution in [0.15, 0.2) is 36.4 Å². The SMILES string of the molecule is CN(Cc1ccc(C(F)(F)F)c(F)c1)[C@@H]1CN(C(=O)CN2CCC(N3CCOCC3=O)CC2)C[C@@H]1c1ccc(Cl)c(Cl)c1. The number of alkyl halides is 3. The van der Waals surface area contributed by atoms with Crippen LogP contribution in [0.1, 0.15) is 35.4 Å². The number of nitrogens with zero attached hydrogens (tertiary/aromatic N) is 4. The Hall–Kier alpha value is -2.44. The Labute approximate surface area is 258 Å². The standard InChI is InChI=1S/C30H34Cl2F4N4O3/c1-37(14-19-2-4-23(26(33)12-19)30(34,35)36)27-16-39(15-22(27)20-3-5-24(31)25(32)13-20)28(41)17-38-8-6-21(7-9-38)40-10-11-43-18-29(40)42/h2-5,12-13,21-22,27H,6-11,14-18H2,1H3/t22-,27-/m1/s1. The van der Waals surface area contributed by atoms with E-state index in [1.165, 1.54) is 6.07 Å². The average Bonchev–Trinajstić information content (AvgIpc) is 3.41. The molecule has 0 spiro atoms. The van der Waals surface area contributed by atoms with Crippen LogP contribution in [0.3, 0.4) is 0 Å². The fraction of sp³-hybridized carbons (Fsp3) is 0.533. The minimum Gasteiger partial charge on any atom is -0.370 e. The highest BCUT2D eigenvalue weighted by molar-refractivity contribution is 6.42. The third-order valence-corrected chi connectivity index (χ3v) is 9.47. The van der Waals surface area contributed by atoms with E-state index in [1.54, 1.807) is 17.0 Å². The number of hydrogen-bond acceptors (Lipinski definition) is 5. The van der Waals surface area contributed by atoms with Crippen LogP contribution in [0.5, 0.6) is 0 Å². The summed E-state index contributed by atoms with van der Waals surface area (Å²) < 4.78 is 58.7. The summed E-state index contributed by atoms with van der Waals surface area (Å²) in [6, 6.07) is 8.25. The molecule has 0 N–H and O–H groups in total. The van der Waals surface area contributed by atoms with E-state index in [9.17, 15) is 27.2 Å². The van der Waals surface area contributed by atoms with Gasteiger partial charge in [0.1, 0.15) is 12.4 Å². The molecule has 43 heavy (non-hydrogen) atoms. The Kier molecular flexibility index (Phi) is 9.87. The second kappa shape index (κ2) is 13.3. The highest BCUT2D eigenvalue weighted by Gasteiger charge is 2.40. The number of carbonyl (C=O) groups excluding carboxylic acids is 2. The van der Waals surface area contributed by atoms with Crippen LogP contribution in [0.4, 0.5) is 17.6 Å². The summed E-state index contributed by atoms with van der Waals surface area (Å²) in [6.07, 6.45) is -3.19. The molecule has 3 saturated heterocycles. The molecular weight excluding hydrogens is 611 g/mol. The topological polar surface area (TPSA) is 56.3 Å². The van der Waals surface area contributed by atoms with Gasteiger partial charge in [0.25, 0.3) is 0 Å². The summed E-state index contributed by atoms with van der Waals surface area (Å²) in [5.41, 5.74) is -0.0192. The highest BCUT2D eigenvalue weighted by Crippen LogP contribution is 2.36. The van der Waals surface area contributed by atoms with Crippen molar-refractivity contribution in [2.75, 3.05) is 59.5 Å². The first kappa shape index (κ1) is 32.0. The molecule has 2 amide bonds. The van der Waals surface area contributed by atoms with Gasteiger partial charge in [-0.15, -0.1) is 0 Å². The molecule has 0 aliphatic carbocycles. The Morgan fingerprint density at radius 3 is 2.44 bits per heavy atom. The third-order valence-electron chi connectivity index (χ3n) is 8.73. The van der Waals surface area contributed by atoms with E-state index in [1.807, 2.05) is 22.9 Å². The van der Waals surface area contributed by atoms with Gasteiger partial charge in [0, 0.05) is 57.3 Å². The molecule has 13 heteroatoms. The van der Waals surface area contributed by atoms with Crippen molar-refractivity contribution >= 4 is 35.0 Å². The lowest BCUT2D eigenvalue weighted by atomic mass is 9.93. The van der Waals surface area contributed by atoms with E-state index < -0.39 is 17.6 Å². The molecule has 3 aliphatic rings. The summed E-state index contributed by atoms with van der Waals surface area (Å²) in [4.78, 5) is 33.5. The van der Waals surface area contributed by atoms with Crippen molar-refractivity contribution in [2.45, 2.75) is 43.6 Å². The number of likely N-dealkylation sites (N-methyl/N-ethyl adjacent to an activating group) is 1. The lowest BCUT2D eigenvalue weighted by Gasteiger charge is -2.40. The molecule has 0 radical (unpaired) electrons. The minimum absolute atomic E-state index is 0.0142. The van der Waals surface area contributed by atoms with E-state index in [0.717, 1.165) is 30.5 Å². The number of piperidine rings is 1. The van der Waals surface area contributed by atoms with E-state index in [2.05, 4.69) is 4.90 Å². The molecule has 2 aromatic rings. The molecule has 0 aromatic heterocycles. The molecule has 2 aromatic carbocycles. The molecule has 2 atom stereocenters. The van der Waals surface area contributed by atoms with Crippen LogP contribution < -0.4 is 0 Å². The second-order valence-corrected chi connectivity index (χ2v) is 12.3. The highest BCUT2D eigenvalue weighted by atomic mass is 35.5.